The average molecular weight is 399 g/mol. The first-order valence-electron chi connectivity index (χ1n) is 7.98. The van der Waals surface area contributed by atoms with Crippen molar-refractivity contribution in [1.82, 2.24) is 9.29 Å². The summed E-state index contributed by atoms with van der Waals surface area (Å²) in [5.41, 5.74) is 1.83. The minimum absolute atomic E-state index is 0.0699. The SMILES string of the molecule is Cc1cc(NC(=O)c2c(Cl)c(NSNC3(C)COC3)cn2C)ccc1F. The van der Waals surface area contributed by atoms with Crippen molar-refractivity contribution < 1.29 is 13.9 Å². The third kappa shape index (κ3) is 3.98. The van der Waals surface area contributed by atoms with E-state index >= 15 is 0 Å². The molecule has 3 N–H and O–H groups in total. The highest BCUT2D eigenvalue weighted by Gasteiger charge is 2.33. The molecule has 0 unspecified atom stereocenters. The molecule has 2 heterocycles. The molecule has 140 valence electrons. The van der Waals surface area contributed by atoms with Crippen LogP contribution in [0.4, 0.5) is 15.8 Å². The molecular formula is C17H20ClFN4O2S. The van der Waals surface area contributed by atoms with Crippen molar-refractivity contribution in [2.24, 2.45) is 7.05 Å². The topological polar surface area (TPSA) is 67.3 Å². The van der Waals surface area contributed by atoms with Gasteiger partial charge in [-0.1, -0.05) is 11.6 Å². The number of carbonyl (C=O) groups excluding carboxylic acids is 1. The number of nitrogens with one attached hydrogen (secondary N) is 3. The van der Waals surface area contributed by atoms with E-state index in [1.54, 1.807) is 30.8 Å². The molecule has 1 aliphatic rings. The summed E-state index contributed by atoms with van der Waals surface area (Å²) >= 11 is 7.67. The lowest BCUT2D eigenvalue weighted by Crippen LogP contribution is -2.55. The first kappa shape index (κ1) is 19.0. The molecule has 1 aliphatic heterocycles. The first-order chi connectivity index (χ1) is 12.3. The van der Waals surface area contributed by atoms with Crippen LogP contribution in [0.25, 0.3) is 0 Å². The number of hydrogen-bond acceptors (Lipinski definition) is 5. The van der Waals surface area contributed by atoms with E-state index in [1.807, 2.05) is 0 Å². The highest BCUT2D eigenvalue weighted by Crippen LogP contribution is 2.31. The van der Waals surface area contributed by atoms with Crippen molar-refractivity contribution in [3.05, 3.63) is 46.5 Å². The number of halogens is 2. The molecule has 0 radical (unpaired) electrons. The number of aromatic nitrogens is 1. The van der Waals surface area contributed by atoms with Crippen LogP contribution >= 0.6 is 23.7 Å². The Morgan fingerprint density at radius 1 is 1.42 bits per heavy atom. The molecule has 3 rings (SSSR count). The Morgan fingerprint density at radius 3 is 2.77 bits per heavy atom. The number of rotatable bonds is 6. The third-order valence-corrected chi connectivity index (χ3v) is 5.35. The number of hydrogen-bond donors (Lipinski definition) is 3. The van der Waals surface area contributed by atoms with Crippen molar-refractivity contribution in [3.63, 3.8) is 0 Å². The van der Waals surface area contributed by atoms with Gasteiger partial charge in [0.05, 0.1) is 29.5 Å². The van der Waals surface area contributed by atoms with Crippen molar-refractivity contribution in [2.45, 2.75) is 19.4 Å². The molecule has 6 nitrogen and oxygen atoms in total. The quantitative estimate of drug-likeness (QED) is 0.647. The number of nitrogens with zero attached hydrogens (tertiary/aromatic N) is 1. The summed E-state index contributed by atoms with van der Waals surface area (Å²) in [6, 6.07) is 4.40. The van der Waals surface area contributed by atoms with E-state index in [1.165, 1.54) is 24.3 Å². The second kappa shape index (κ2) is 7.48. The van der Waals surface area contributed by atoms with Crippen LogP contribution in [0.15, 0.2) is 24.4 Å². The zero-order valence-electron chi connectivity index (χ0n) is 14.7. The Bertz CT molecular complexity index is 838. The molecule has 0 aliphatic carbocycles. The summed E-state index contributed by atoms with van der Waals surface area (Å²) in [6.07, 6.45) is 1.74. The van der Waals surface area contributed by atoms with Crippen molar-refractivity contribution in [3.8, 4) is 0 Å². The van der Waals surface area contributed by atoms with Gasteiger partial charge in [0.25, 0.3) is 5.91 Å². The van der Waals surface area contributed by atoms with Crippen molar-refractivity contribution in [2.75, 3.05) is 23.3 Å². The third-order valence-electron chi connectivity index (χ3n) is 4.05. The molecule has 1 saturated heterocycles. The maximum absolute atomic E-state index is 13.4. The van der Waals surface area contributed by atoms with Crippen LogP contribution in [0.3, 0.4) is 0 Å². The Hall–Kier alpha value is -1.74. The number of ether oxygens (including phenoxy) is 1. The molecule has 9 heteroatoms. The van der Waals surface area contributed by atoms with Crippen molar-refractivity contribution in [1.29, 1.82) is 0 Å². The Balaban J connectivity index is 1.68. The zero-order chi connectivity index (χ0) is 18.9. The molecule has 0 spiro atoms. The van der Waals surface area contributed by atoms with Gasteiger partial charge in [-0.15, -0.1) is 0 Å². The highest BCUT2D eigenvalue weighted by molar-refractivity contribution is 7.98. The van der Waals surface area contributed by atoms with Crippen LogP contribution in [0.5, 0.6) is 0 Å². The van der Waals surface area contributed by atoms with E-state index in [0.29, 0.717) is 40.9 Å². The smallest absolute Gasteiger partial charge is 0.273 e. The van der Waals surface area contributed by atoms with Crippen LogP contribution in [-0.2, 0) is 11.8 Å². The van der Waals surface area contributed by atoms with Gasteiger partial charge in [-0.05, 0) is 37.6 Å². The second-order valence-corrected chi connectivity index (χ2v) is 7.58. The molecule has 0 atom stereocenters. The Labute approximate surface area is 160 Å². The lowest BCUT2D eigenvalue weighted by molar-refractivity contribution is -0.0509. The lowest BCUT2D eigenvalue weighted by atomic mass is 10.0. The van der Waals surface area contributed by atoms with E-state index < -0.39 is 0 Å². The maximum atomic E-state index is 13.4. The lowest BCUT2D eigenvalue weighted by Gasteiger charge is -2.38. The number of anilines is 2. The van der Waals surface area contributed by atoms with E-state index in [4.69, 9.17) is 16.3 Å². The van der Waals surface area contributed by atoms with Gasteiger partial charge in [0.1, 0.15) is 11.5 Å². The van der Waals surface area contributed by atoms with Gasteiger partial charge in [-0.25, -0.2) is 9.11 Å². The van der Waals surface area contributed by atoms with Gasteiger partial charge in [0.2, 0.25) is 0 Å². The van der Waals surface area contributed by atoms with Gasteiger partial charge in [-0.3, -0.25) is 4.79 Å². The molecule has 0 bridgehead atoms. The van der Waals surface area contributed by atoms with Gasteiger partial charge in [0, 0.05) is 31.1 Å². The molecule has 0 saturated carbocycles. The fourth-order valence-electron chi connectivity index (χ4n) is 2.51. The van der Waals surface area contributed by atoms with Gasteiger partial charge in [0.15, 0.2) is 0 Å². The maximum Gasteiger partial charge on any atom is 0.273 e. The number of carbonyl (C=O) groups is 1. The van der Waals surface area contributed by atoms with Crippen molar-refractivity contribution >= 4 is 41.0 Å². The first-order valence-corrected chi connectivity index (χ1v) is 9.17. The summed E-state index contributed by atoms with van der Waals surface area (Å²) in [5, 5.41) is 3.06. The summed E-state index contributed by atoms with van der Waals surface area (Å²) in [5.74, 6) is -0.685. The normalized spacial score (nSPS) is 15.4. The Kier molecular flexibility index (Phi) is 5.47. The predicted octanol–water partition coefficient (Wildman–Crippen LogP) is 3.73. The fraction of sp³-hybridized carbons (Fsp3) is 0.353. The Morgan fingerprint density at radius 2 is 2.15 bits per heavy atom. The molecule has 1 fully saturated rings. The standard InChI is InChI=1S/C17H20ClFN4O2S/c1-10-6-11(4-5-12(10)19)20-16(24)15-14(18)13(7-23(15)3)21-26-22-17(2)8-25-9-17/h4-7,21-22H,8-9H2,1-3H3,(H,20,24). The largest absolute Gasteiger partial charge is 0.377 e. The van der Waals surface area contributed by atoms with Crippen LogP contribution in [-0.4, -0.2) is 29.2 Å². The van der Waals surface area contributed by atoms with Crippen LogP contribution < -0.4 is 14.8 Å². The van der Waals surface area contributed by atoms with Gasteiger partial charge < -0.3 is 19.3 Å². The second-order valence-electron chi connectivity index (χ2n) is 6.59. The summed E-state index contributed by atoms with van der Waals surface area (Å²) in [7, 11) is 1.74. The van der Waals surface area contributed by atoms with E-state index in [-0.39, 0.29) is 17.3 Å². The number of aryl methyl sites for hydroxylation is 2. The fourth-order valence-corrected chi connectivity index (χ4v) is 3.56. The summed E-state index contributed by atoms with van der Waals surface area (Å²) < 4.78 is 26.5. The van der Waals surface area contributed by atoms with Crippen LogP contribution in [0.2, 0.25) is 5.02 Å². The minimum atomic E-state index is -0.367. The summed E-state index contributed by atoms with van der Waals surface area (Å²) in [6.45, 7) is 4.99. The number of amides is 1. The molecular weight excluding hydrogens is 379 g/mol. The molecule has 26 heavy (non-hydrogen) atoms. The van der Waals surface area contributed by atoms with Gasteiger partial charge in [-0.2, -0.15) is 0 Å². The minimum Gasteiger partial charge on any atom is -0.377 e. The highest BCUT2D eigenvalue weighted by atomic mass is 35.5. The summed E-state index contributed by atoms with van der Waals surface area (Å²) in [4.78, 5) is 12.6. The van der Waals surface area contributed by atoms with Gasteiger partial charge >= 0.3 is 0 Å². The van der Waals surface area contributed by atoms with E-state index in [0.717, 1.165) is 0 Å². The van der Waals surface area contributed by atoms with Crippen LogP contribution in [0, 0.1) is 12.7 Å². The van der Waals surface area contributed by atoms with Crippen LogP contribution in [0.1, 0.15) is 23.0 Å². The zero-order valence-corrected chi connectivity index (χ0v) is 16.2. The van der Waals surface area contributed by atoms with E-state index in [2.05, 4.69) is 21.7 Å². The van der Waals surface area contributed by atoms with E-state index in [9.17, 15) is 9.18 Å². The predicted molar refractivity (Wildman–Crippen MR) is 103 cm³/mol. The molecule has 1 amide bonds. The molecule has 1 aromatic carbocycles. The average Bonchev–Trinajstić information content (AvgIpc) is 2.83. The molecule has 1 aromatic heterocycles. The molecule has 2 aromatic rings. The monoisotopic (exact) mass is 398 g/mol. The number of benzene rings is 1.